The average molecular weight is 521 g/mol. The molecule has 160 valence electrons. The number of guanidine groups is 1. The topological polar surface area (TPSA) is 43.8 Å². The normalized spacial score (nSPS) is 17.1. The third kappa shape index (κ3) is 5.94. The molecule has 9 heteroatoms. The molecular formula is C20H27F3IN5. The third-order valence-corrected chi connectivity index (χ3v) is 5.09. The van der Waals surface area contributed by atoms with Gasteiger partial charge in [-0.25, -0.2) is 4.99 Å². The van der Waals surface area contributed by atoms with Gasteiger partial charge >= 0.3 is 6.18 Å². The number of para-hydroxylation sites is 1. The highest BCUT2D eigenvalue weighted by Crippen LogP contribution is 2.25. The van der Waals surface area contributed by atoms with Gasteiger partial charge in [-0.15, -0.1) is 24.0 Å². The molecule has 29 heavy (non-hydrogen) atoms. The Morgan fingerprint density at radius 3 is 2.52 bits per heavy atom. The van der Waals surface area contributed by atoms with Crippen molar-refractivity contribution in [3.05, 3.63) is 42.1 Å². The van der Waals surface area contributed by atoms with Crippen molar-refractivity contribution in [1.82, 2.24) is 20.1 Å². The molecule has 0 saturated carbocycles. The first kappa shape index (κ1) is 23.7. The molecule has 1 N–H and O–H groups in total. The molecule has 1 unspecified atom stereocenters. The Bertz CT molecular complexity index is 814. The molecule has 0 spiro atoms. The fourth-order valence-corrected chi connectivity index (χ4v) is 3.41. The van der Waals surface area contributed by atoms with Crippen molar-refractivity contribution in [1.29, 1.82) is 0 Å². The minimum Gasteiger partial charge on any atom is -0.357 e. The zero-order valence-corrected chi connectivity index (χ0v) is 18.9. The lowest BCUT2D eigenvalue weighted by atomic mass is 10.1. The fourth-order valence-electron chi connectivity index (χ4n) is 3.41. The first-order valence-electron chi connectivity index (χ1n) is 9.56. The Labute approximate surface area is 186 Å². The standard InChI is InChI=1S/C20H26F3N5.HI/c1-3-24-19(28-12-10-27(11-13-28)15(2)20(21,22)23)26-14-17-7-4-6-16-8-5-9-25-18(16)17;/h4-9,15H,3,10-14H2,1-2H3,(H,24,26);1H. The molecule has 1 aromatic heterocycles. The van der Waals surface area contributed by atoms with E-state index in [1.807, 2.05) is 42.2 Å². The first-order valence-corrected chi connectivity index (χ1v) is 9.56. The minimum absolute atomic E-state index is 0. The summed E-state index contributed by atoms with van der Waals surface area (Å²) in [6.45, 7) is 6.13. The molecule has 0 aliphatic carbocycles. The summed E-state index contributed by atoms with van der Waals surface area (Å²) < 4.78 is 38.8. The predicted molar refractivity (Wildman–Crippen MR) is 121 cm³/mol. The zero-order chi connectivity index (χ0) is 20.1. The smallest absolute Gasteiger partial charge is 0.357 e. The highest BCUT2D eigenvalue weighted by atomic mass is 127. The van der Waals surface area contributed by atoms with Crippen molar-refractivity contribution < 1.29 is 13.2 Å². The molecule has 2 heterocycles. The summed E-state index contributed by atoms with van der Waals surface area (Å²) in [5.41, 5.74) is 1.95. The van der Waals surface area contributed by atoms with Gasteiger partial charge in [0.15, 0.2) is 5.96 Å². The van der Waals surface area contributed by atoms with Crippen LogP contribution in [0.4, 0.5) is 13.2 Å². The summed E-state index contributed by atoms with van der Waals surface area (Å²) in [7, 11) is 0. The number of piperazine rings is 1. The van der Waals surface area contributed by atoms with E-state index in [-0.39, 0.29) is 24.0 Å². The van der Waals surface area contributed by atoms with E-state index in [4.69, 9.17) is 4.99 Å². The molecule has 0 bridgehead atoms. The van der Waals surface area contributed by atoms with Crippen LogP contribution in [0.5, 0.6) is 0 Å². The van der Waals surface area contributed by atoms with Gasteiger partial charge in [0.1, 0.15) is 6.04 Å². The largest absolute Gasteiger partial charge is 0.403 e. The van der Waals surface area contributed by atoms with Crippen LogP contribution in [-0.4, -0.2) is 65.7 Å². The van der Waals surface area contributed by atoms with Gasteiger partial charge in [0, 0.05) is 44.3 Å². The molecule has 1 atom stereocenters. The van der Waals surface area contributed by atoms with Crippen LogP contribution in [0.3, 0.4) is 0 Å². The molecule has 3 rings (SSSR count). The van der Waals surface area contributed by atoms with Crippen LogP contribution in [-0.2, 0) is 6.54 Å². The lowest BCUT2D eigenvalue weighted by molar-refractivity contribution is -0.181. The molecule has 5 nitrogen and oxygen atoms in total. The Morgan fingerprint density at radius 1 is 1.17 bits per heavy atom. The number of aliphatic imine (C=N–C) groups is 1. The number of rotatable bonds is 4. The van der Waals surface area contributed by atoms with Crippen LogP contribution in [0.2, 0.25) is 0 Å². The Kier molecular flexibility index (Phi) is 8.50. The second kappa shape index (κ2) is 10.4. The quantitative estimate of drug-likeness (QED) is 0.377. The van der Waals surface area contributed by atoms with Crippen molar-refractivity contribution in [2.24, 2.45) is 4.99 Å². The number of halogens is 4. The van der Waals surface area contributed by atoms with Gasteiger partial charge < -0.3 is 10.2 Å². The maximum absolute atomic E-state index is 12.9. The van der Waals surface area contributed by atoms with Crippen molar-refractivity contribution in [3.63, 3.8) is 0 Å². The zero-order valence-electron chi connectivity index (χ0n) is 16.6. The van der Waals surface area contributed by atoms with E-state index in [1.165, 1.54) is 11.8 Å². The number of nitrogens with one attached hydrogen (secondary N) is 1. The molecule has 0 radical (unpaired) electrons. The lowest BCUT2D eigenvalue weighted by Gasteiger charge is -2.39. The number of hydrogen-bond acceptors (Lipinski definition) is 3. The predicted octanol–water partition coefficient (Wildman–Crippen LogP) is 3.89. The fraction of sp³-hybridized carbons (Fsp3) is 0.500. The Morgan fingerprint density at radius 2 is 1.86 bits per heavy atom. The van der Waals surface area contributed by atoms with E-state index in [0.717, 1.165) is 22.4 Å². The van der Waals surface area contributed by atoms with Gasteiger partial charge in [-0.1, -0.05) is 24.3 Å². The van der Waals surface area contributed by atoms with Gasteiger partial charge in [-0.2, -0.15) is 13.2 Å². The monoisotopic (exact) mass is 521 g/mol. The molecule has 1 aliphatic rings. The first-order chi connectivity index (χ1) is 13.4. The number of hydrogen-bond donors (Lipinski definition) is 1. The molecule has 2 aromatic rings. The summed E-state index contributed by atoms with van der Waals surface area (Å²) in [6.07, 6.45) is -2.43. The van der Waals surface area contributed by atoms with E-state index in [9.17, 15) is 13.2 Å². The average Bonchev–Trinajstić information content (AvgIpc) is 2.70. The number of aromatic nitrogens is 1. The molecule has 1 fully saturated rings. The van der Waals surface area contributed by atoms with Gasteiger partial charge in [0.25, 0.3) is 0 Å². The molecule has 0 amide bonds. The van der Waals surface area contributed by atoms with E-state index < -0.39 is 12.2 Å². The van der Waals surface area contributed by atoms with E-state index in [2.05, 4.69) is 10.3 Å². The van der Waals surface area contributed by atoms with Crippen molar-refractivity contribution in [2.45, 2.75) is 32.6 Å². The molecule has 1 saturated heterocycles. The van der Waals surface area contributed by atoms with Crippen LogP contribution in [0.1, 0.15) is 19.4 Å². The van der Waals surface area contributed by atoms with E-state index in [1.54, 1.807) is 6.20 Å². The number of benzene rings is 1. The van der Waals surface area contributed by atoms with Crippen LogP contribution < -0.4 is 5.32 Å². The summed E-state index contributed by atoms with van der Waals surface area (Å²) in [6, 6.07) is 8.51. The van der Waals surface area contributed by atoms with Gasteiger partial charge in [0.2, 0.25) is 0 Å². The van der Waals surface area contributed by atoms with Crippen LogP contribution in [0, 0.1) is 0 Å². The molecule has 1 aromatic carbocycles. The minimum atomic E-state index is -4.19. The van der Waals surface area contributed by atoms with Crippen LogP contribution >= 0.6 is 24.0 Å². The Balaban J connectivity index is 0.00000300. The van der Waals surface area contributed by atoms with Crippen molar-refractivity contribution >= 4 is 40.8 Å². The van der Waals surface area contributed by atoms with Gasteiger partial charge in [-0.3, -0.25) is 9.88 Å². The summed E-state index contributed by atoms with van der Waals surface area (Å²) in [5, 5.41) is 4.32. The van der Waals surface area contributed by atoms with Gasteiger partial charge in [-0.05, 0) is 25.5 Å². The summed E-state index contributed by atoms with van der Waals surface area (Å²) in [4.78, 5) is 12.7. The van der Waals surface area contributed by atoms with Crippen molar-refractivity contribution in [3.8, 4) is 0 Å². The molecule has 1 aliphatic heterocycles. The second-order valence-corrected chi connectivity index (χ2v) is 6.90. The van der Waals surface area contributed by atoms with E-state index in [0.29, 0.717) is 39.3 Å². The van der Waals surface area contributed by atoms with Crippen LogP contribution in [0.15, 0.2) is 41.5 Å². The lowest BCUT2D eigenvalue weighted by Crippen LogP contribution is -2.56. The highest BCUT2D eigenvalue weighted by molar-refractivity contribution is 14.0. The van der Waals surface area contributed by atoms with Gasteiger partial charge in [0.05, 0.1) is 12.1 Å². The summed E-state index contributed by atoms with van der Waals surface area (Å²) in [5.74, 6) is 0.731. The number of pyridine rings is 1. The Hall–Kier alpha value is -1.62. The number of fused-ring (bicyclic) bond motifs is 1. The maximum Gasteiger partial charge on any atom is 0.403 e. The maximum atomic E-state index is 12.9. The molecular weight excluding hydrogens is 494 g/mol. The number of nitrogens with zero attached hydrogens (tertiary/aromatic N) is 4. The SMILES string of the molecule is CCNC(=NCc1cccc2cccnc12)N1CCN(C(C)C(F)(F)F)CC1.I. The third-order valence-electron chi connectivity index (χ3n) is 5.09. The van der Waals surface area contributed by atoms with Crippen molar-refractivity contribution in [2.75, 3.05) is 32.7 Å². The van der Waals surface area contributed by atoms with Crippen LogP contribution in [0.25, 0.3) is 10.9 Å². The van der Waals surface area contributed by atoms with E-state index >= 15 is 0 Å². The summed E-state index contributed by atoms with van der Waals surface area (Å²) >= 11 is 0. The highest BCUT2D eigenvalue weighted by Gasteiger charge is 2.41. The second-order valence-electron chi connectivity index (χ2n) is 6.90. The number of alkyl halides is 3.